The maximum absolute atomic E-state index is 12.6. The number of likely N-dealkylation sites (tertiary alicyclic amines) is 1. The quantitative estimate of drug-likeness (QED) is 0.801. The molecule has 22 heavy (non-hydrogen) atoms. The summed E-state index contributed by atoms with van der Waals surface area (Å²) in [6, 6.07) is 4.03. The summed E-state index contributed by atoms with van der Waals surface area (Å²) in [5.41, 5.74) is 0. The summed E-state index contributed by atoms with van der Waals surface area (Å²) in [7, 11) is 2.04. The van der Waals surface area contributed by atoms with E-state index in [0.29, 0.717) is 5.92 Å². The zero-order valence-corrected chi connectivity index (χ0v) is 14.6. The lowest BCUT2D eigenvalue weighted by Gasteiger charge is -2.31. The lowest BCUT2D eigenvalue weighted by molar-refractivity contribution is 0.0715. The Balaban J connectivity index is 1.60. The van der Waals surface area contributed by atoms with Gasteiger partial charge in [0, 0.05) is 38.4 Å². The summed E-state index contributed by atoms with van der Waals surface area (Å²) in [4.78, 5) is 19.9. The van der Waals surface area contributed by atoms with E-state index in [1.165, 1.54) is 4.21 Å². The highest BCUT2D eigenvalue weighted by molar-refractivity contribution is 8.01. The maximum Gasteiger partial charge on any atom is 0.263 e. The molecule has 6 heteroatoms. The number of carbonyl (C=O) groups excluding carboxylic acids is 1. The minimum absolute atomic E-state index is 0.186. The first-order chi connectivity index (χ1) is 10.7. The first kappa shape index (κ1) is 15.6. The van der Waals surface area contributed by atoms with Gasteiger partial charge in [-0.1, -0.05) is 6.92 Å². The number of hydrogen-bond acceptors (Lipinski definition) is 4. The van der Waals surface area contributed by atoms with Gasteiger partial charge in [-0.3, -0.25) is 4.79 Å². The molecular formula is C16H21N3OS2. The van der Waals surface area contributed by atoms with Crippen molar-refractivity contribution >= 4 is 29.0 Å². The fraction of sp³-hybridized carbons (Fsp3) is 0.500. The van der Waals surface area contributed by atoms with Gasteiger partial charge in [0.1, 0.15) is 5.82 Å². The molecule has 0 bridgehead atoms. The van der Waals surface area contributed by atoms with Crippen LogP contribution in [0.3, 0.4) is 0 Å². The Morgan fingerprint density at radius 2 is 2.18 bits per heavy atom. The molecule has 2 aromatic rings. The molecular weight excluding hydrogens is 314 g/mol. The summed E-state index contributed by atoms with van der Waals surface area (Å²) >= 11 is 3.41. The van der Waals surface area contributed by atoms with Crippen molar-refractivity contribution in [3.8, 4) is 0 Å². The number of thiophene rings is 1. The van der Waals surface area contributed by atoms with Crippen molar-refractivity contribution in [3.63, 3.8) is 0 Å². The number of aromatic nitrogens is 2. The summed E-state index contributed by atoms with van der Waals surface area (Å²) < 4.78 is 3.32. The van der Waals surface area contributed by atoms with Crippen LogP contribution < -0.4 is 0 Å². The fourth-order valence-electron chi connectivity index (χ4n) is 2.92. The minimum Gasteiger partial charge on any atom is -0.338 e. The van der Waals surface area contributed by atoms with Crippen molar-refractivity contribution in [1.82, 2.24) is 14.5 Å². The zero-order chi connectivity index (χ0) is 15.5. The standard InChI is InChI=1S/C16H21N3OS2/c1-3-21-14-5-4-13(22-14)16(20)19-9-6-12(7-10-19)15-17-8-11-18(15)2/h4-5,8,11-12H,3,6-7,9-10H2,1-2H3. The van der Waals surface area contributed by atoms with Crippen molar-refractivity contribution in [3.05, 3.63) is 35.2 Å². The first-order valence-corrected chi connectivity index (χ1v) is 9.48. The van der Waals surface area contributed by atoms with E-state index in [1.54, 1.807) is 23.1 Å². The van der Waals surface area contributed by atoms with E-state index in [-0.39, 0.29) is 5.91 Å². The second-order valence-corrected chi connectivity index (χ2v) is 8.16. The van der Waals surface area contributed by atoms with Crippen molar-refractivity contribution in [1.29, 1.82) is 0 Å². The average Bonchev–Trinajstić information content (AvgIpc) is 3.16. The molecule has 0 aromatic carbocycles. The van der Waals surface area contributed by atoms with Crippen LogP contribution in [0, 0.1) is 0 Å². The summed E-state index contributed by atoms with van der Waals surface area (Å²) in [6.45, 7) is 3.78. The van der Waals surface area contributed by atoms with Gasteiger partial charge < -0.3 is 9.47 Å². The lowest BCUT2D eigenvalue weighted by Crippen LogP contribution is -2.38. The van der Waals surface area contributed by atoms with Crippen LogP contribution in [-0.4, -0.2) is 39.2 Å². The number of hydrogen-bond donors (Lipinski definition) is 0. The predicted octanol–water partition coefficient (Wildman–Crippen LogP) is 3.61. The molecule has 3 heterocycles. The molecule has 4 nitrogen and oxygen atoms in total. The summed E-state index contributed by atoms with van der Waals surface area (Å²) in [6.07, 6.45) is 5.84. The lowest BCUT2D eigenvalue weighted by atomic mass is 9.96. The Bertz CT molecular complexity index is 641. The van der Waals surface area contributed by atoms with E-state index in [9.17, 15) is 4.79 Å². The largest absolute Gasteiger partial charge is 0.338 e. The average molecular weight is 335 g/mol. The van der Waals surface area contributed by atoms with E-state index in [1.807, 2.05) is 30.4 Å². The third-order valence-corrected chi connectivity index (χ3v) is 6.27. The molecule has 2 aromatic heterocycles. The maximum atomic E-state index is 12.6. The van der Waals surface area contributed by atoms with Crippen molar-refractivity contribution in [2.24, 2.45) is 7.05 Å². The topological polar surface area (TPSA) is 38.1 Å². The van der Waals surface area contributed by atoms with Gasteiger partial charge in [-0.05, 0) is 30.7 Å². The Morgan fingerprint density at radius 1 is 1.41 bits per heavy atom. The number of carbonyl (C=O) groups is 1. The van der Waals surface area contributed by atoms with Gasteiger partial charge in [0.25, 0.3) is 5.91 Å². The molecule has 0 spiro atoms. The number of thioether (sulfide) groups is 1. The highest BCUT2D eigenvalue weighted by Crippen LogP contribution is 2.30. The zero-order valence-electron chi connectivity index (χ0n) is 13.0. The monoisotopic (exact) mass is 335 g/mol. The minimum atomic E-state index is 0.186. The van der Waals surface area contributed by atoms with Gasteiger partial charge in [0.2, 0.25) is 0 Å². The van der Waals surface area contributed by atoms with Crippen LogP contribution in [0.5, 0.6) is 0 Å². The number of imidazole rings is 1. The molecule has 118 valence electrons. The Kier molecular flexibility index (Phi) is 4.88. The highest BCUT2D eigenvalue weighted by Gasteiger charge is 2.27. The Morgan fingerprint density at radius 3 is 2.82 bits per heavy atom. The molecule has 0 saturated carbocycles. The summed E-state index contributed by atoms with van der Waals surface area (Å²) in [5.74, 6) is 2.85. The van der Waals surface area contributed by atoms with Gasteiger partial charge in [0.05, 0.1) is 9.09 Å². The Labute approximate surface area is 139 Å². The number of aryl methyl sites for hydroxylation is 1. The van der Waals surface area contributed by atoms with E-state index < -0.39 is 0 Å². The summed E-state index contributed by atoms with van der Waals surface area (Å²) in [5, 5.41) is 0. The van der Waals surface area contributed by atoms with E-state index in [0.717, 1.165) is 42.4 Å². The molecule has 3 rings (SSSR count). The van der Waals surface area contributed by atoms with Gasteiger partial charge in [-0.15, -0.1) is 23.1 Å². The molecule has 0 aliphatic carbocycles. The predicted molar refractivity (Wildman–Crippen MR) is 91.8 cm³/mol. The number of rotatable bonds is 4. The fourth-order valence-corrected chi connectivity index (χ4v) is 4.93. The van der Waals surface area contributed by atoms with Crippen LogP contribution in [0.25, 0.3) is 0 Å². The Hall–Kier alpha value is -1.27. The molecule has 1 aliphatic heterocycles. The number of piperidine rings is 1. The van der Waals surface area contributed by atoms with Gasteiger partial charge in [-0.2, -0.15) is 0 Å². The van der Waals surface area contributed by atoms with Crippen LogP contribution in [-0.2, 0) is 7.05 Å². The first-order valence-electron chi connectivity index (χ1n) is 7.68. The number of nitrogens with zero attached hydrogens (tertiary/aromatic N) is 3. The molecule has 0 unspecified atom stereocenters. The molecule has 1 amide bonds. The molecule has 1 fully saturated rings. The van der Waals surface area contributed by atoms with Gasteiger partial charge >= 0.3 is 0 Å². The van der Waals surface area contributed by atoms with E-state index in [2.05, 4.69) is 22.5 Å². The van der Waals surface area contributed by atoms with Crippen molar-refractivity contribution in [2.75, 3.05) is 18.8 Å². The molecule has 0 atom stereocenters. The second-order valence-electron chi connectivity index (χ2n) is 5.51. The van der Waals surface area contributed by atoms with E-state index >= 15 is 0 Å². The van der Waals surface area contributed by atoms with Crippen LogP contribution in [0.4, 0.5) is 0 Å². The van der Waals surface area contributed by atoms with Crippen LogP contribution in [0.1, 0.15) is 41.2 Å². The molecule has 0 N–H and O–H groups in total. The highest BCUT2D eigenvalue weighted by atomic mass is 32.2. The van der Waals surface area contributed by atoms with Gasteiger partial charge in [-0.25, -0.2) is 4.98 Å². The van der Waals surface area contributed by atoms with E-state index in [4.69, 9.17) is 0 Å². The normalized spacial score (nSPS) is 16.2. The third-order valence-electron chi connectivity index (χ3n) is 4.08. The van der Waals surface area contributed by atoms with Crippen LogP contribution >= 0.6 is 23.1 Å². The third kappa shape index (κ3) is 3.22. The SMILES string of the molecule is CCSc1ccc(C(=O)N2CCC(c3nccn3C)CC2)s1. The van der Waals surface area contributed by atoms with Crippen molar-refractivity contribution in [2.45, 2.75) is 29.9 Å². The van der Waals surface area contributed by atoms with Crippen LogP contribution in [0.15, 0.2) is 28.7 Å². The van der Waals surface area contributed by atoms with Gasteiger partial charge in [0.15, 0.2) is 0 Å². The molecule has 1 saturated heterocycles. The molecule has 1 aliphatic rings. The van der Waals surface area contributed by atoms with Crippen LogP contribution in [0.2, 0.25) is 0 Å². The molecule has 0 radical (unpaired) electrons. The number of amides is 1. The second kappa shape index (κ2) is 6.87. The smallest absolute Gasteiger partial charge is 0.263 e. The van der Waals surface area contributed by atoms with Crippen molar-refractivity contribution < 1.29 is 4.79 Å².